The molecule has 0 aliphatic rings. The summed E-state index contributed by atoms with van der Waals surface area (Å²) < 4.78 is 9.83. The van der Waals surface area contributed by atoms with E-state index in [1.807, 2.05) is 0 Å². The summed E-state index contributed by atoms with van der Waals surface area (Å²) in [5, 5.41) is 6.07. The Hall–Kier alpha value is -1.03. The summed E-state index contributed by atoms with van der Waals surface area (Å²) in [6.45, 7) is 2.30. The molecular weight excluding hydrogens is 610 g/mol. The van der Waals surface area contributed by atoms with E-state index in [1.54, 1.807) is 25.1 Å². The number of hydrogen-bond donors (Lipinski definition) is 0. The molecule has 30 heavy (non-hydrogen) atoms. The van der Waals surface area contributed by atoms with Crippen LogP contribution in [-0.2, 0) is 6.42 Å². The Morgan fingerprint density at radius 1 is 0.733 bits per heavy atom. The van der Waals surface area contributed by atoms with Gasteiger partial charge in [0.25, 0.3) is 0 Å². The van der Waals surface area contributed by atoms with Crippen LogP contribution >= 0.6 is 0 Å². The fourth-order valence-electron chi connectivity index (χ4n) is 4.32. The van der Waals surface area contributed by atoms with E-state index in [0.29, 0.717) is 29.0 Å². The second kappa shape index (κ2) is 8.15. The molecule has 0 fully saturated rings. The number of rotatable bonds is 5. The fraction of sp³-hybridized carbons (Fsp3) is 0.185. The van der Waals surface area contributed by atoms with Gasteiger partial charge in [-0.1, -0.05) is 0 Å². The van der Waals surface area contributed by atoms with Crippen molar-refractivity contribution in [3.05, 3.63) is 71.2 Å². The summed E-state index contributed by atoms with van der Waals surface area (Å²) in [7, 11) is 0. The molecule has 3 heteroatoms. The summed E-state index contributed by atoms with van der Waals surface area (Å²) in [6, 6.07) is 26.1. The molecule has 0 atom stereocenters. The minimum atomic E-state index is -0.247. The van der Waals surface area contributed by atoms with Crippen LogP contribution in [0.25, 0.3) is 46.9 Å². The number of benzene rings is 3. The van der Waals surface area contributed by atoms with Crippen molar-refractivity contribution in [2.45, 2.75) is 32.6 Å². The van der Waals surface area contributed by atoms with Crippen molar-refractivity contribution in [2.24, 2.45) is 0 Å². The molecule has 6 aromatic rings. The molecule has 0 nitrogen and oxygen atoms in total. The van der Waals surface area contributed by atoms with E-state index >= 15 is 0 Å². The number of hydrogen-bond acceptors (Lipinski definition) is 0. The molecule has 0 amide bonds. The Kier molecular flexibility index (Phi) is 5.33. The summed E-state index contributed by atoms with van der Waals surface area (Å²) in [5.41, 5.74) is 1.39. The van der Waals surface area contributed by atoms with Crippen LogP contribution in [0.1, 0.15) is 30.6 Å². The summed E-state index contributed by atoms with van der Waals surface area (Å²) >= 11 is 0.759. The number of aryl methyl sites for hydroxylation is 1. The van der Waals surface area contributed by atoms with Gasteiger partial charge in [0.05, 0.1) is 0 Å². The van der Waals surface area contributed by atoms with Crippen molar-refractivity contribution in [2.75, 3.05) is 0 Å². The second-order valence-corrected chi connectivity index (χ2v) is 15.8. The molecular formula is C27H22Se2Te. The van der Waals surface area contributed by atoms with Gasteiger partial charge in [-0.25, -0.2) is 0 Å². The van der Waals surface area contributed by atoms with Crippen LogP contribution in [0.3, 0.4) is 0 Å². The standard InChI is InChI=1S/C27H22Se2Te/c1-2-3-5-10-20-11-18-12-21-22-13-19-14-23(17-8-6-4-7-9-17)29-25(19)16-27(22)30-26(21)15-24(18)28-20/h4,6-9,11-16H,2-3,5,10H2,1H3. The third kappa shape index (κ3) is 3.51. The third-order valence-electron chi connectivity index (χ3n) is 5.88. The van der Waals surface area contributed by atoms with E-state index in [0.717, 1.165) is 0 Å². The molecule has 3 aromatic heterocycles. The first-order chi connectivity index (χ1) is 14.8. The molecule has 0 aliphatic heterocycles. The Labute approximate surface area is 198 Å². The van der Waals surface area contributed by atoms with Crippen molar-refractivity contribution in [3.63, 3.8) is 0 Å². The number of fused-ring (bicyclic) bond motifs is 5. The van der Waals surface area contributed by atoms with Crippen LogP contribution in [0.15, 0.2) is 66.7 Å². The van der Waals surface area contributed by atoms with Crippen LogP contribution in [-0.4, -0.2) is 49.4 Å². The van der Waals surface area contributed by atoms with Gasteiger partial charge in [0.1, 0.15) is 0 Å². The quantitative estimate of drug-likeness (QED) is 0.144. The molecule has 0 saturated carbocycles. The van der Waals surface area contributed by atoms with Gasteiger partial charge in [0, 0.05) is 0 Å². The Morgan fingerprint density at radius 3 is 2.17 bits per heavy atom. The predicted octanol–water partition coefficient (Wildman–Crippen LogP) is 6.87. The molecule has 0 saturated heterocycles. The maximum atomic E-state index is 2.59. The average molecular weight is 632 g/mol. The zero-order valence-electron chi connectivity index (χ0n) is 16.9. The molecule has 148 valence electrons. The maximum absolute atomic E-state index is 2.59. The average Bonchev–Trinajstić information content (AvgIpc) is 3.45. The van der Waals surface area contributed by atoms with E-state index in [1.165, 1.54) is 51.8 Å². The SMILES string of the molecule is CCCCCc1cc2cc3c(cc2[se]1)[te]c1cc2[se]c(-c4ccccc4)cc2cc13. The van der Waals surface area contributed by atoms with Gasteiger partial charge in [-0.15, -0.1) is 0 Å². The topological polar surface area (TPSA) is 0 Å². The Bertz CT molecular complexity index is 1500. The number of unbranched alkanes of at least 4 members (excludes halogenated alkanes) is 2. The Balaban J connectivity index is 1.47. The predicted molar refractivity (Wildman–Crippen MR) is 136 cm³/mol. The van der Waals surface area contributed by atoms with Crippen LogP contribution < -0.4 is 0 Å². The van der Waals surface area contributed by atoms with Gasteiger partial charge < -0.3 is 0 Å². The van der Waals surface area contributed by atoms with Gasteiger partial charge in [-0.05, 0) is 0 Å². The van der Waals surface area contributed by atoms with E-state index in [9.17, 15) is 0 Å². The molecule has 0 bridgehead atoms. The van der Waals surface area contributed by atoms with E-state index in [2.05, 4.69) is 73.7 Å². The zero-order valence-corrected chi connectivity index (χ0v) is 22.7. The van der Waals surface area contributed by atoms with E-state index in [4.69, 9.17) is 0 Å². The molecule has 0 N–H and O–H groups in total. The summed E-state index contributed by atoms with van der Waals surface area (Å²) in [6.07, 6.45) is 5.35. The minimum absolute atomic E-state index is 0.247. The van der Waals surface area contributed by atoms with Crippen molar-refractivity contribution in [1.82, 2.24) is 0 Å². The molecule has 0 spiro atoms. The normalized spacial score (nSPS) is 12.0. The van der Waals surface area contributed by atoms with E-state index < -0.39 is 0 Å². The zero-order chi connectivity index (χ0) is 20.1. The first-order valence-electron chi connectivity index (χ1n) is 10.7. The molecule has 6 rings (SSSR count). The van der Waals surface area contributed by atoms with Crippen LogP contribution in [0.5, 0.6) is 0 Å². The van der Waals surface area contributed by atoms with Crippen molar-refractivity contribution < 1.29 is 0 Å². The monoisotopic (exact) mass is 636 g/mol. The molecule has 0 aliphatic carbocycles. The fourth-order valence-corrected chi connectivity index (χ4v) is 13.3. The van der Waals surface area contributed by atoms with Crippen LogP contribution in [0, 0.1) is 0 Å². The molecule has 0 radical (unpaired) electrons. The van der Waals surface area contributed by atoms with Gasteiger partial charge in [0.15, 0.2) is 0 Å². The first kappa shape index (κ1) is 19.6. The van der Waals surface area contributed by atoms with Crippen molar-refractivity contribution >= 4 is 86.3 Å². The van der Waals surface area contributed by atoms with Gasteiger partial charge in [-0.2, -0.15) is 0 Å². The van der Waals surface area contributed by atoms with Crippen LogP contribution in [0.4, 0.5) is 0 Å². The van der Waals surface area contributed by atoms with Crippen molar-refractivity contribution in [1.29, 1.82) is 0 Å². The summed E-state index contributed by atoms with van der Waals surface area (Å²) in [4.78, 5) is 0. The molecule has 3 heterocycles. The van der Waals surface area contributed by atoms with E-state index in [-0.39, 0.29) is 20.4 Å². The molecule has 0 unspecified atom stereocenters. The third-order valence-corrected chi connectivity index (χ3v) is 13.9. The van der Waals surface area contributed by atoms with Gasteiger partial charge in [-0.3, -0.25) is 0 Å². The molecule has 3 aromatic carbocycles. The van der Waals surface area contributed by atoms with Crippen LogP contribution in [0.2, 0.25) is 0 Å². The van der Waals surface area contributed by atoms with Gasteiger partial charge >= 0.3 is 200 Å². The first-order valence-corrected chi connectivity index (χ1v) is 16.4. The second-order valence-electron chi connectivity index (χ2n) is 8.02. The van der Waals surface area contributed by atoms with Gasteiger partial charge in [0.2, 0.25) is 0 Å². The summed E-state index contributed by atoms with van der Waals surface area (Å²) in [5.74, 6) is 0. The Morgan fingerprint density at radius 2 is 1.43 bits per heavy atom. The van der Waals surface area contributed by atoms with Crippen molar-refractivity contribution in [3.8, 4) is 10.0 Å².